The van der Waals surface area contributed by atoms with Crippen molar-refractivity contribution in [3.63, 3.8) is 0 Å². The summed E-state index contributed by atoms with van der Waals surface area (Å²) in [4.78, 5) is 7.78. The van der Waals surface area contributed by atoms with Crippen LogP contribution in [0.2, 0.25) is 0 Å². The van der Waals surface area contributed by atoms with Crippen LogP contribution in [0, 0.1) is 0 Å². The number of halogens is 2. The summed E-state index contributed by atoms with van der Waals surface area (Å²) in [5.74, 6) is -2.10. The van der Waals surface area contributed by atoms with Crippen LogP contribution in [0.1, 0.15) is 25.7 Å². The minimum absolute atomic E-state index is 0.0993. The van der Waals surface area contributed by atoms with Crippen molar-refractivity contribution < 1.29 is 13.5 Å². The summed E-state index contributed by atoms with van der Waals surface area (Å²) in [6.45, 7) is 0. The second-order valence-corrected chi connectivity index (χ2v) is 3.72. The Kier molecular flexibility index (Phi) is 2.79. The lowest BCUT2D eigenvalue weighted by Gasteiger charge is -2.28. The van der Waals surface area contributed by atoms with Gasteiger partial charge in [0.1, 0.15) is 6.10 Å². The minimum Gasteiger partial charge on any atom is -0.473 e. The van der Waals surface area contributed by atoms with Crippen molar-refractivity contribution in [1.82, 2.24) is 9.97 Å². The number of rotatable bonds is 2. The van der Waals surface area contributed by atoms with Crippen molar-refractivity contribution in [2.75, 3.05) is 0 Å². The number of nitrogens with zero attached hydrogens (tertiary/aromatic N) is 2. The summed E-state index contributed by atoms with van der Waals surface area (Å²) < 4.78 is 31.1. The van der Waals surface area contributed by atoms with Gasteiger partial charge < -0.3 is 4.74 Å². The summed E-state index contributed by atoms with van der Waals surface area (Å²) in [6, 6.07) is 0. The summed E-state index contributed by atoms with van der Waals surface area (Å²) in [5, 5.41) is 0. The van der Waals surface area contributed by atoms with Crippen LogP contribution in [0.25, 0.3) is 0 Å². The number of aromatic nitrogens is 2. The smallest absolute Gasteiger partial charge is 0.248 e. The largest absolute Gasteiger partial charge is 0.473 e. The first kappa shape index (κ1) is 10.3. The average molecular weight is 214 g/mol. The fourth-order valence-electron chi connectivity index (χ4n) is 1.65. The van der Waals surface area contributed by atoms with Gasteiger partial charge in [0.15, 0.2) is 0 Å². The Labute approximate surface area is 86.5 Å². The summed E-state index contributed by atoms with van der Waals surface area (Å²) >= 11 is 0. The molecule has 0 atom stereocenters. The SMILES string of the molecule is FC1(F)CCC(Oc2cnccn2)CC1. The zero-order valence-corrected chi connectivity index (χ0v) is 8.20. The molecule has 0 saturated heterocycles. The van der Waals surface area contributed by atoms with E-state index in [0.717, 1.165) is 0 Å². The maximum atomic E-state index is 12.8. The number of ether oxygens (including phenoxy) is 1. The fraction of sp³-hybridized carbons (Fsp3) is 0.600. The molecule has 2 rings (SSSR count). The molecule has 1 aliphatic carbocycles. The molecule has 0 radical (unpaired) electrons. The van der Waals surface area contributed by atoms with Crippen LogP contribution in [0.5, 0.6) is 5.88 Å². The van der Waals surface area contributed by atoms with E-state index in [1.165, 1.54) is 12.4 Å². The van der Waals surface area contributed by atoms with Gasteiger partial charge in [-0.25, -0.2) is 13.8 Å². The third-order valence-electron chi connectivity index (χ3n) is 2.49. The molecule has 0 unspecified atom stereocenters. The van der Waals surface area contributed by atoms with Gasteiger partial charge >= 0.3 is 0 Å². The highest BCUT2D eigenvalue weighted by atomic mass is 19.3. The van der Waals surface area contributed by atoms with E-state index in [-0.39, 0.29) is 18.9 Å². The summed E-state index contributed by atoms with van der Waals surface area (Å²) in [6.07, 6.45) is 4.96. The van der Waals surface area contributed by atoms with Crippen molar-refractivity contribution in [2.24, 2.45) is 0 Å². The highest BCUT2D eigenvalue weighted by Gasteiger charge is 2.35. The second-order valence-electron chi connectivity index (χ2n) is 3.72. The van der Waals surface area contributed by atoms with E-state index < -0.39 is 5.92 Å². The van der Waals surface area contributed by atoms with Gasteiger partial charge in [0, 0.05) is 25.2 Å². The molecular formula is C10H12F2N2O. The van der Waals surface area contributed by atoms with E-state index in [0.29, 0.717) is 18.7 Å². The minimum atomic E-state index is -2.51. The lowest BCUT2D eigenvalue weighted by atomic mass is 9.94. The van der Waals surface area contributed by atoms with E-state index in [4.69, 9.17) is 4.74 Å². The average Bonchev–Trinajstić information content (AvgIpc) is 2.23. The quantitative estimate of drug-likeness (QED) is 0.758. The normalized spacial score (nSPS) is 21.2. The molecule has 0 spiro atoms. The highest BCUT2D eigenvalue weighted by molar-refractivity contribution is 5.02. The van der Waals surface area contributed by atoms with Crippen LogP contribution in [-0.4, -0.2) is 22.0 Å². The standard InChI is InChI=1S/C10H12F2N2O/c11-10(12)3-1-8(2-4-10)15-9-7-13-5-6-14-9/h5-8H,1-4H2. The zero-order valence-electron chi connectivity index (χ0n) is 8.20. The first-order valence-electron chi connectivity index (χ1n) is 4.96. The maximum Gasteiger partial charge on any atom is 0.248 e. The number of hydrogen-bond donors (Lipinski definition) is 0. The Bertz CT molecular complexity index is 308. The van der Waals surface area contributed by atoms with Crippen LogP contribution in [0.4, 0.5) is 8.78 Å². The number of alkyl halides is 2. The summed E-state index contributed by atoms with van der Waals surface area (Å²) in [7, 11) is 0. The molecule has 0 N–H and O–H groups in total. The van der Waals surface area contributed by atoms with E-state index in [2.05, 4.69) is 9.97 Å². The predicted octanol–water partition coefficient (Wildman–Crippen LogP) is 2.43. The van der Waals surface area contributed by atoms with Crippen molar-refractivity contribution in [3.05, 3.63) is 18.6 Å². The molecule has 82 valence electrons. The van der Waals surface area contributed by atoms with E-state index >= 15 is 0 Å². The van der Waals surface area contributed by atoms with Crippen LogP contribution in [0.3, 0.4) is 0 Å². The van der Waals surface area contributed by atoms with Crippen molar-refractivity contribution >= 4 is 0 Å². The van der Waals surface area contributed by atoms with Gasteiger partial charge in [-0.2, -0.15) is 0 Å². The second kappa shape index (κ2) is 4.08. The third kappa shape index (κ3) is 2.84. The van der Waals surface area contributed by atoms with E-state index in [1.807, 2.05) is 0 Å². The molecule has 5 heteroatoms. The molecule has 15 heavy (non-hydrogen) atoms. The predicted molar refractivity (Wildman–Crippen MR) is 49.9 cm³/mol. The van der Waals surface area contributed by atoms with E-state index in [9.17, 15) is 8.78 Å². The van der Waals surface area contributed by atoms with Crippen LogP contribution in [-0.2, 0) is 0 Å². The van der Waals surface area contributed by atoms with Crippen molar-refractivity contribution in [1.29, 1.82) is 0 Å². The first-order valence-corrected chi connectivity index (χ1v) is 4.96. The number of hydrogen-bond acceptors (Lipinski definition) is 3. The molecule has 3 nitrogen and oxygen atoms in total. The molecule has 1 fully saturated rings. The van der Waals surface area contributed by atoms with Crippen molar-refractivity contribution in [3.8, 4) is 5.88 Å². The zero-order chi connectivity index (χ0) is 10.7. The lowest BCUT2D eigenvalue weighted by molar-refractivity contribution is -0.0588. The Balaban J connectivity index is 1.88. The third-order valence-corrected chi connectivity index (χ3v) is 2.49. The Hall–Kier alpha value is -1.26. The van der Waals surface area contributed by atoms with E-state index in [1.54, 1.807) is 6.20 Å². The van der Waals surface area contributed by atoms with Crippen molar-refractivity contribution in [2.45, 2.75) is 37.7 Å². The lowest BCUT2D eigenvalue weighted by Crippen LogP contribution is -2.30. The van der Waals surface area contributed by atoms with Gasteiger partial charge in [0.25, 0.3) is 0 Å². The molecule has 1 aromatic rings. The Morgan fingerprint density at radius 3 is 2.60 bits per heavy atom. The molecule has 0 amide bonds. The van der Waals surface area contributed by atoms with Gasteiger partial charge in [0.2, 0.25) is 11.8 Å². The van der Waals surface area contributed by atoms with Gasteiger partial charge in [-0.3, -0.25) is 4.98 Å². The molecule has 1 saturated carbocycles. The van der Waals surface area contributed by atoms with Crippen LogP contribution in [0.15, 0.2) is 18.6 Å². The summed E-state index contributed by atoms with van der Waals surface area (Å²) in [5.41, 5.74) is 0. The van der Waals surface area contributed by atoms with Gasteiger partial charge in [-0.05, 0) is 12.8 Å². The molecule has 1 aromatic heterocycles. The Morgan fingerprint density at radius 1 is 1.27 bits per heavy atom. The molecule has 1 heterocycles. The van der Waals surface area contributed by atoms with Crippen LogP contribution >= 0.6 is 0 Å². The highest BCUT2D eigenvalue weighted by Crippen LogP contribution is 2.34. The topological polar surface area (TPSA) is 35.0 Å². The molecule has 0 bridgehead atoms. The van der Waals surface area contributed by atoms with Crippen LogP contribution < -0.4 is 4.74 Å². The fourth-order valence-corrected chi connectivity index (χ4v) is 1.65. The molecule has 0 aromatic carbocycles. The Morgan fingerprint density at radius 2 is 2.00 bits per heavy atom. The first-order chi connectivity index (χ1) is 7.16. The molecule has 1 aliphatic rings. The molecule has 0 aliphatic heterocycles. The van der Waals surface area contributed by atoms with Gasteiger partial charge in [-0.1, -0.05) is 0 Å². The molecular weight excluding hydrogens is 202 g/mol. The van der Waals surface area contributed by atoms with Gasteiger partial charge in [-0.15, -0.1) is 0 Å². The van der Waals surface area contributed by atoms with Gasteiger partial charge in [0.05, 0.1) is 6.20 Å². The monoisotopic (exact) mass is 214 g/mol. The maximum absolute atomic E-state index is 12.8.